The number of nitrogens with zero attached hydrogens (tertiary/aromatic N) is 2. The van der Waals surface area contributed by atoms with E-state index in [0.29, 0.717) is 12.3 Å². The van der Waals surface area contributed by atoms with Crippen molar-refractivity contribution in [3.05, 3.63) is 65.5 Å². The molecule has 0 radical (unpaired) electrons. The predicted molar refractivity (Wildman–Crippen MR) is 89.5 cm³/mol. The second kappa shape index (κ2) is 5.03. The van der Waals surface area contributed by atoms with E-state index in [1.54, 1.807) is 0 Å². The first-order valence-corrected chi connectivity index (χ1v) is 8.09. The maximum atomic E-state index is 11.6. The van der Waals surface area contributed by atoms with Crippen LogP contribution >= 0.6 is 0 Å². The van der Waals surface area contributed by atoms with Gasteiger partial charge in [-0.15, -0.1) is 0 Å². The van der Waals surface area contributed by atoms with Crippen LogP contribution in [0.15, 0.2) is 58.0 Å². The molecule has 2 unspecified atom stereocenters. The largest absolute Gasteiger partial charge is 0.440 e. The fourth-order valence-electron chi connectivity index (χ4n) is 3.32. The number of nitrogens with one attached hydrogen (secondary N) is 1. The first-order chi connectivity index (χ1) is 11.8. The monoisotopic (exact) mass is 317 g/mol. The summed E-state index contributed by atoms with van der Waals surface area (Å²) < 4.78 is 5.92. The molecular formula is C19H15N3O2. The average Bonchev–Trinajstić information content (AvgIpc) is 3.31. The molecule has 1 amide bonds. The van der Waals surface area contributed by atoms with Gasteiger partial charge in [0.1, 0.15) is 5.52 Å². The van der Waals surface area contributed by atoms with Gasteiger partial charge in [-0.05, 0) is 24.1 Å². The summed E-state index contributed by atoms with van der Waals surface area (Å²) in [6, 6.07) is 16.1. The van der Waals surface area contributed by atoms with Gasteiger partial charge < -0.3 is 4.42 Å². The predicted octanol–water partition coefficient (Wildman–Crippen LogP) is 2.89. The van der Waals surface area contributed by atoms with E-state index in [4.69, 9.17) is 4.42 Å². The number of hydrogen-bond acceptors (Lipinski definition) is 4. The zero-order valence-corrected chi connectivity index (χ0v) is 12.9. The molecule has 0 spiro atoms. The van der Waals surface area contributed by atoms with E-state index < -0.39 is 0 Å². The summed E-state index contributed by atoms with van der Waals surface area (Å²) in [5.74, 6) is 1.09. The Morgan fingerprint density at radius 2 is 2.00 bits per heavy atom. The number of hydrazone groups is 1. The van der Waals surface area contributed by atoms with Crippen molar-refractivity contribution in [2.75, 3.05) is 0 Å². The highest BCUT2D eigenvalue weighted by atomic mass is 16.3. The van der Waals surface area contributed by atoms with Crippen LogP contribution in [0.1, 0.15) is 23.4 Å². The Balaban J connectivity index is 1.47. The number of amides is 1. The van der Waals surface area contributed by atoms with Crippen LogP contribution in [0.2, 0.25) is 0 Å². The zero-order chi connectivity index (χ0) is 16.1. The molecule has 118 valence electrons. The number of oxazole rings is 1. The second-order valence-electron chi connectivity index (χ2n) is 6.37. The summed E-state index contributed by atoms with van der Waals surface area (Å²) in [5.41, 5.74) is 7.33. The molecule has 5 heteroatoms. The van der Waals surface area contributed by atoms with Crippen molar-refractivity contribution in [1.82, 2.24) is 10.4 Å². The van der Waals surface area contributed by atoms with E-state index in [1.165, 1.54) is 5.56 Å². The summed E-state index contributed by atoms with van der Waals surface area (Å²) in [7, 11) is 0. The molecule has 1 fully saturated rings. The lowest BCUT2D eigenvalue weighted by Gasteiger charge is -2.11. The molecule has 2 aromatic carbocycles. The molecular weight excluding hydrogens is 302 g/mol. The van der Waals surface area contributed by atoms with Crippen LogP contribution in [0.4, 0.5) is 0 Å². The van der Waals surface area contributed by atoms with Gasteiger partial charge in [0.15, 0.2) is 11.5 Å². The lowest BCUT2D eigenvalue weighted by atomic mass is 10.0. The molecule has 2 heterocycles. The Labute approximate surface area is 138 Å². The SMILES string of the molecule is O=C1NN=C(c2ccc3nc(Cc4ccccc4)oc3c2)C2CC12. The van der Waals surface area contributed by atoms with Crippen LogP contribution in [0.3, 0.4) is 0 Å². The normalized spacial score (nSPS) is 22.0. The van der Waals surface area contributed by atoms with E-state index in [-0.39, 0.29) is 17.7 Å². The topological polar surface area (TPSA) is 67.5 Å². The van der Waals surface area contributed by atoms with Gasteiger partial charge in [0, 0.05) is 23.8 Å². The van der Waals surface area contributed by atoms with Gasteiger partial charge in [-0.2, -0.15) is 5.10 Å². The van der Waals surface area contributed by atoms with Crippen LogP contribution in [0.5, 0.6) is 0 Å². The van der Waals surface area contributed by atoms with Crippen molar-refractivity contribution in [3.8, 4) is 0 Å². The molecule has 5 nitrogen and oxygen atoms in total. The summed E-state index contributed by atoms with van der Waals surface area (Å²) in [6.07, 6.45) is 1.56. The minimum Gasteiger partial charge on any atom is -0.440 e. The Morgan fingerprint density at radius 1 is 1.12 bits per heavy atom. The molecule has 24 heavy (non-hydrogen) atoms. The first-order valence-electron chi connectivity index (χ1n) is 8.09. The Hall–Kier alpha value is -2.95. The van der Waals surface area contributed by atoms with Crippen molar-refractivity contribution in [2.45, 2.75) is 12.8 Å². The number of rotatable bonds is 3. The maximum Gasteiger partial charge on any atom is 0.243 e. The third-order valence-corrected chi connectivity index (χ3v) is 4.69. The molecule has 3 aromatic rings. The van der Waals surface area contributed by atoms with Gasteiger partial charge in [0.2, 0.25) is 5.91 Å². The number of fused-ring (bicyclic) bond motifs is 2. The molecule has 2 atom stereocenters. The van der Waals surface area contributed by atoms with Crippen LogP contribution in [0.25, 0.3) is 11.1 Å². The smallest absolute Gasteiger partial charge is 0.243 e. The summed E-state index contributed by atoms with van der Waals surface area (Å²) in [6.45, 7) is 0. The van der Waals surface area contributed by atoms with Crippen LogP contribution in [-0.2, 0) is 11.2 Å². The summed E-state index contributed by atoms with van der Waals surface area (Å²) in [4.78, 5) is 16.1. The van der Waals surface area contributed by atoms with E-state index in [1.807, 2.05) is 36.4 Å². The Kier molecular flexibility index (Phi) is 2.82. The van der Waals surface area contributed by atoms with Crippen molar-refractivity contribution in [1.29, 1.82) is 0 Å². The van der Waals surface area contributed by atoms with Crippen molar-refractivity contribution < 1.29 is 9.21 Å². The molecule has 1 saturated carbocycles. The number of hydrogen-bond donors (Lipinski definition) is 1. The van der Waals surface area contributed by atoms with Crippen LogP contribution in [0, 0.1) is 11.8 Å². The second-order valence-corrected chi connectivity index (χ2v) is 6.37. The van der Waals surface area contributed by atoms with E-state index >= 15 is 0 Å². The van der Waals surface area contributed by atoms with E-state index in [0.717, 1.165) is 28.8 Å². The highest BCUT2D eigenvalue weighted by Crippen LogP contribution is 2.43. The molecule has 1 aliphatic heterocycles. The van der Waals surface area contributed by atoms with Crippen molar-refractivity contribution in [3.63, 3.8) is 0 Å². The Morgan fingerprint density at radius 3 is 2.88 bits per heavy atom. The van der Waals surface area contributed by atoms with Gasteiger partial charge in [-0.1, -0.05) is 36.4 Å². The maximum absolute atomic E-state index is 11.6. The van der Waals surface area contributed by atoms with Gasteiger partial charge in [0.05, 0.1) is 5.71 Å². The molecule has 2 aliphatic rings. The lowest BCUT2D eigenvalue weighted by Crippen LogP contribution is -2.28. The molecule has 1 aliphatic carbocycles. The molecule has 0 bridgehead atoms. The quantitative estimate of drug-likeness (QED) is 0.807. The van der Waals surface area contributed by atoms with Gasteiger partial charge in [-0.3, -0.25) is 4.79 Å². The van der Waals surface area contributed by atoms with Crippen molar-refractivity contribution >= 4 is 22.7 Å². The van der Waals surface area contributed by atoms with E-state index in [9.17, 15) is 4.79 Å². The summed E-state index contributed by atoms with van der Waals surface area (Å²) in [5, 5.41) is 4.24. The third-order valence-electron chi connectivity index (χ3n) is 4.69. The first kappa shape index (κ1) is 13.5. The van der Waals surface area contributed by atoms with Gasteiger partial charge in [-0.25, -0.2) is 10.4 Å². The molecule has 1 N–H and O–H groups in total. The van der Waals surface area contributed by atoms with Crippen molar-refractivity contribution in [2.24, 2.45) is 16.9 Å². The fraction of sp³-hybridized carbons (Fsp3) is 0.211. The summed E-state index contributed by atoms with van der Waals surface area (Å²) >= 11 is 0. The van der Waals surface area contributed by atoms with Crippen LogP contribution < -0.4 is 5.43 Å². The molecule has 1 aromatic heterocycles. The number of benzene rings is 2. The number of carbonyl (C=O) groups is 1. The minimum atomic E-state index is 0.0367. The number of carbonyl (C=O) groups excluding carboxylic acids is 1. The fourth-order valence-corrected chi connectivity index (χ4v) is 3.32. The molecule has 5 rings (SSSR count). The minimum absolute atomic E-state index is 0.0367. The Bertz CT molecular complexity index is 975. The van der Waals surface area contributed by atoms with Gasteiger partial charge >= 0.3 is 0 Å². The zero-order valence-electron chi connectivity index (χ0n) is 12.9. The van der Waals surface area contributed by atoms with Crippen LogP contribution in [-0.4, -0.2) is 16.6 Å². The third kappa shape index (κ3) is 2.21. The van der Waals surface area contributed by atoms with E-state index in [2.05, 4.69) is 27.6 Å². The van der Waals surface area contributed by atoms with Gasteiger partial charge in [0.25, 0.3) is 0 Å². The highest BCUT2D eigenvalue weighted by molar-refractivity contribution is 6.10. The average molecular weight is 317 g/mol. The molecule has 0 saturated heterocycles. The lowest BCUT2D eigenvalue weighted by molar-refractivity contribution is -0.122. The highest BCUT2D eigenvalue weighted by Gasteiger charge is 2.49. The number of aromatic nitrogens is 1. The standard InChI is InChI=1S/C19H15N3O2/c23-19-14-10-13(14)18(21-22-19)12-6-7-15-16(9-12)24-17(20-15)8-11-4-2-1-3-5-11/h1-7,9,13-14H,8,10H2,(H,22,23).